The minimum atomic E-state index is -0.133. The summed E-state index contributed by atoms with van der Waals surface area (Å²) < 4.78 is 0. The minimum Gasteiger partial charge on any atom is -0.325 e. The summed E-state index contributed by atoms with van der Waals surface area (Å²) in [6, 6.07) is 20.3. The predicted molar refractivity (Wildman–Crippen MR) is 119 cm³/mol. The summed E-state index contributed by atoms with van der Waals surface area (Å²) in [5.41, 5.74) is 4.20. The molecule has 2 aromatic heterocycles. The van der Waals surface area contributed by atoms with Gasteiger partial charge >= 0.3 is 0 Å². The summed E-state index contributed by atoms with van der Waals surface area (Å²) in [6.07, 6.45) is 7.21. The van der Waals surface area contributed by atoms with Crippen molar-refractivity contribution in [2.24, 2.45) is 5.92 Å². The third-order valence-electron chi connectivity index (χ3n) is 5.80. The number of pyridine rings is 2. The number of nitrogens with zero attached hydrogens (tertiary/aromatic N) is 2. The summed E-state index contributed by atoms with van der Waals surface area (Å²) >= 11 is 0. The molecule has 2 atom stereocenters. The molecule has 2 N–H and O–H groups in total. The number of fused-ring (bicyclic) bond motifs is 1. The molecular weight excluding hydrogens is 372 g/mol. The first-order valence-electron chi connectivity index (χ1n) is 10.1. The molecule has 4 aromatic rings. The third-order valence-corrected chi connectivity index (χ3v) is 5.80. The second-order valence-corrected chi connectivity index (χ2v) is 7.63. The van der Waals surface area contributed by atoms with Crippen LogP contribution in [0.4, 0.5) is 5.69 Å². The Morgan fingerprint density at radius 3 is 2.67 bits per heavy atom. The maximum atomic E-state index is 13.2. The summed E-state index contributed by atoms with van der Waals surface area (Å²) in [5, 5.41) is 8.57. The number of nitrogens with one attached hydrogen (secondary N) is 2. The molecular formula is C25H22N4O. The van der Waals surface area contributed by atoms with Gasteiger partial charge in [-0.15, -0.1) is 0 Å². The van der Waals surface area contributed by atoms with Crippen molar-refractivity contribution in [3.63, 3.8) is 0 Å². The van der Waals surface area contributed by atoms with Crippen molar-refractivity contribution in [1.82, 2.24) is 15.3 Å². The van der Waals surface area contributed by atoms with E-state index in [1.807, 2.05) is 42.7 Å². The van der Waals surface area contributed by atoms with Crippen molar-refractivity contribution in [2.45, 2.75) is 5.92 Å². The molecule has 1 aliphatic rings. The highest BCUT2D eigenvalue weighted by atomic mass is 16.2. The molecule has 1 saturated heterocycles. The Morgan fingerprint density at radius 1 is 0.900 bits per heavy atom. The molecule has 0 unspecified atom stereocenters. The number of rotatable bonds is 4. The van der Waals surface area contributed by atoms with E-state index >= 15 is 0 Å². The molecule has 2 aromatic carbocycles. The van der Waals surface area contributed by atoms with Crippen molar-refractivity contribution in [2.75, 3.05) is 18.4 Å². The molecule has 1 aliphatic heterocycles. The van der Waals surface area contributed by atoms with E-state index in [2.05, 4.69) is 50.9 Å². The van der Waals surface area contributed by atoms with Crippen LogP contribution < -0.4 is 10.6 Å². The fourth-order valence-electron chi connectivity index (χ4n) is 4.24. The Morgan fingerprint density at radius 2 is 1.77 bits per heavy atom. The first-order chi connectivity index (χ1) is 14.8. The van der Waals surface area contributed by atoms with Gasteiger partial charge in [-0.1, -0.05) is 42.5 Å². The summed E-state index contributed by atoms with van der Waals surface area (Å²) in [7, 11) is 0. The Balaban J connectivity index is 1.41. The molecule has 148 valence electrons. The van der Waals surface area contributed by atoms with E-state index < -0.39 is 0 Å². The number of carbonyl (C=O) groups is 1. The standard InChI is InChI=1S/C25H22N4O/c30-25(29-24-8-2-6-20-14-27-11-9-21(20)24)23-16-28-15-22(23)18-5-1-4-17(12-18)19-7-3-10-26-13-19/h1-14,22-23,28H,15-16H2,(H,29,30)/t22-,23+/m1/s1. The smallest absolute Gasteiger partial charge is 0.229 e. The van der Waals surface area contributed by atoms with Gasteiger partial charge in [-0.05, 0) is 34.9 Å². The van der Waals surface area contributed by atoms with Crippen molar-refractivity contribution in [1.29, 1.82) is 0 Å². The van der Waals surface area contributed by atoms with Crippen LogP contribution in [0, 0.1) is 5.92 Å². The fourth-order valence-corrected chi connectivity index (χ4v) is 4.24. The number of benzene rings is 2. The number of anilines is 1. The second kappa shape index (κ2) is 8.05. The third kappa shape index (κ3) is 3.55. The van der Waals surface area contributed by atoms with Gasteiger partial charge in [0, 0.05) is 60.3 Å². The molecule has 0 spiro atoms. The molecule has 1 amide bonds. The van der Waals surface area contributed by atoms with E-state index in [0.29, 0.717) is 6.54 Å². The zero-order valence-corrected chi connectivity index (χ0v) is 16.5. The zero-order valence-electron chi connectivity index (χ0n) is 16.5. The van der Waals surface area contributed by atoms with Crippen molar-refractivity contribution >= 4 is 22.4 Å². The number of hydrogen-bond acceptors (Lipinski definition) is 4. The van der Waals surface area contributed by atoms with Gasteiger partial charge in [0.1, 0.15) is 0 Å². The van der Waals surface area contributed by atoms with Crippen molar-refractivity contribution in [3.8, 4) is 11.1 Å². The van der Waals surface area contributed by atoms with E-state index in [-0.39, 0.29) is 17.7 Å². The highest BCUT2D eigenvalue weighted by Crippen LogP contribution is 2.32. The van der Waals surface area contributed by atoms with Gasteiger partial charge in [0.05, 0.1) is 5.92 Å². The van der Waals surface area contributed by atoms with Crippen LogP contribution in [0.25, 0.3) is 21.9 Å². The maximum Gasteiger partial charge on any atom is 0.229 e. The summed E-state index contributed by atoms with van der Waals surface area (Å²) in [4.78, 5) is 21.6. The molecule has 0 radical (unpaired) electrons. The number of hydrogen-bond donors (Lipinski definition) is 2. The number of amides is 1. The second-order valence-electron chi connectivity index (χ2n) is 7.63. The highest BCUT2D eigenvalue weighted by Gasteiger charge is 2.34. The molecule has 0 aliphatic carbocycles. The Hall–Kier alpha value is -3.57. The van der Waals surface area contributed by atoms with Gasteiger partial charge in [0.25, 0.3) is 0 Å². The van der Waals surface area contributed by atoms with E-state index in [4.69, 9.17) is 0 Å². The molecule has 3 heterocycles. The van der Waals surface area contributed by atoms with E-state index in [1.165, 1.54) is 5.56 Å². The van der Waals surface area contributed by atoms with E-state index in [9.17, 15) is 4.79 Å². The maximum absolute atomic E-state index is 13.2. The van der Waals surface area contributed by atoms with Crippen LogP contribution in [0.15, 0.2) is 85.5 Å². The molecule has 5 rings (SSSR count). The average Bonchev–Trinajstić information content (AvgIpc) is 3.30. The summed E-state index contributed by atoms with van der Waals surface area (Å²) in [5.74, 6) is 0.0330. The van der Waals surface area contributed by atoms with Crippen LogP contribution in [0.5, 0.6) is 0 Å². The van der Waals surface area contributed by atoms with E-state index in [1.54, 1.807) is 12.4 Å². The molecule has 5 nitrogen and oxygen atoms in total. The van der Waals surface area contributed by atoms with Crippen LogP contribution in [0.2, 0.25) is 0 Å². The van der Waals surface area contributed by atoms with Gasteiger partial charge in [-0.25, -0.2) is 0 Å². The Kier molecular flexibility index (Phi) is 4.95. The lowest BCUT2D eigenvalue weighted by Crippen LogP contribution is -2.28. The Labute approximate surface area is 175 Å². The number of carbonyl (C=O) groups excluding carboxylic acids is 1. The van der Waals surface area contributed by atoms with Gasteiger partial charge in [-0.2, -0.15) is 0 Å². The summed E-state index contributed by atoms with van der Waals surface area (Å²) in [6.45, 7) is 1.45. The zero-order chi connectivity index (χ0) is 20.3. The van der Waals surface area contributed by atoms with Crippen LogP contribution >= 0.6 is 0 Å². The normalized spacial score (nSPS) is 18.4. The van der Waals surface area contributed by atoms with Crippen LogP contribution in [0.1, 0.15) is 11.5 Å². The highest BCUT2D eigenvalue weighted by molar-refractivity contribution is 6.03. The monoisotopic (exact) mass is 394 g/mol. The fraction of sp³-hybridized carbons (Fsp3) is 0.160. The lowest BCUT2D eigenvalue weighted by Gasteiger charge is -2.20. The van der Waals surface area contributed by atoms with E-state index in [0.717, 1.165) is 34.1 Å². The van der Waals surface area contributed by atoms with Crippen molar-refractivity contribution in [3.05, 3.63) is 91.0 Å². The topological polar surface area (TPSA) is 66.9 Å². The molecule has 5 heteroatoms. The van der Waals surface area contributed by atoms with Gasteiger partial charge < -0.3 is 10.6 Å². The predicted octanol–water partition coefficient (Wildman–Crippen LogP) is 4.24. The first-order valence-corrected chi connectivity index (χ1v) is 10.1. The first kappa shape index (κ1) is 18.5. The average molecular weight is 394 g/mol. The SMILES string of the molecule is O=C(Nc1cccc2cnccc12)[C@H]1CNC[C@@H]1c1cccc(-c2cccnc2)c1. The largest absolute Gasteiger partial charge is 0.325 e. The molecule has 30 heavy (non-hydrogen) atoms. The lowest BCUT2D eigenvalue weighted by atomic mass is 9.87. The quantitative estimate of drug-likeness (QED) is 0.543. The molecule has 0 saturated carbocycles. The molecule has 0 bridgehead atoms. The van der Waals surface area contributed by atoms with Crippen molar-refractivity contribution < 1.29 is 4.79 Å². The van der Waals surface area contributed by atoms with Gasteiger partial charge in [0.2, 0.25) is 5.91 Å². The lowest BCUT2D eigenvalue weighted by molar-refractivity contribution is -0.119. The number of aromatic nitrogens is 2. The minimum absolute atomic E-state index is 0.0427. The van der Waals surface area contributed by atoms with Crippen LogP contribution in [-0.2, 0) is 4.79 Å². The van der Waals surface area contributed by atoms with Crippen LogP contribution in [0.3, 0.4) is 0 Å². The van der Waals surface area contributed by atoms with Gasteiger partial charge in [0.15, 0.2) is 0 Å². The molecule has 1 fully saturated rings. The Bertz CT molecular complexity index is 1190. The van der Waals surface area contributed by atoms with Gasteiger partial charge in [-0.3, -0.25) is 14.8 Å². The van der Waals surface area contributed by atoms with Crippen LogP contribution in [-0.4, -0.2) is 29.0 Å².